The molecule has 88 valence electrons. The Hall–Kier alpha value is -2.62. The van der Waals surface area contributed by atoms with Crippen LogP contribution in [0.2, 0.25) is 0 Å². The van der Waals surface area contributed by atoms with Crippen LogP contribution in [-0.4, -0.2) is 15.1 Å². The van der Waals surface area contributed by atoms with Crippen molar-refractivity contribution in [3.63, 3.8) is 0 Å². The van der Waals surface area contributed by atoms with Crippen LogP contribution < -0.4 is 5.73 Å². The Kier molecular flexibility index (Phi) is 2.34. The molecule has 0 spiro atoms. The lowest BCUT2D eigenvalue weighted by molar-refractivity contribution is 0.475. The summed E-state index contributed by atoms with van der Waals surface area (Å²) >= 11 is 0. The van der Waals surface area contributed by atoms with Crippen molar-refractivity contribution in [3.8, 4) is 17.0 Å². The SMILES string of the molecule is Nc1ccc2ncc(-c3cccc(O)c3)nc2c1. The van der Waals surface area contributed by atoms with Crippen LogP contribution in [0.15, 0.2) is 48.7 Å². The summed E-state index contributed by atoms with van der Waals surface area (Å²) in [6.07, 6.45) is 1.69. The fraction of sp³-hybridized carbons (Fsp3) is 0. The molecule has 0 saturated carbocycles. The van der Waals surface area contributed by atoms with Gasteiger partial charge in [-0.3, -0.25) is 4.98 Å². The minimum Gasteiger partial charge on any atom is -0.508 e. The largest absolute Gasteiger partial charge is 0.508 e. The highest BCUT2D eigenvalue weighted by Crippen LogP contribution is 2.23. The van der Waals surface area contributed by atoms with Gasteiger partial charge in [-0.05, 0) is 30.3 Å². The second-order valence-corrected chi connectivity index (χ2v) is 4.05. The zero-order chi connectivity index (χ0) is 12.5. The van der Waals surface area contributed by atoms with Crippen molar-refractivity contribution in [2.45, 2.75) is 0 Å². The van der Waals surface area contributed by atoms with Gasteiger partial charge in [-0.2, -0.15) is 0 Å². The van der Waals surface area contributed by atoms with Crippen molar-refractivity contribution in [2.75, 3.05) is 5.73 Å². The molecule has 0 aliphatic heterocycles. The maximum absolute atomic E-state index is 9.46. The van der Waals surface area contributed by atoms with E-state index in [9.17, 15) is 5.11 Å². The quantitative estimate of drug-likeness (QED) is 0.638. The van der Waals surface area contributed by atoms with Gasteiger partial charge in [0.25, 0.3) is 0 Å². The first-order chi connectivity index (χ1) is 8.72. The van der Waals surface area contributed by atoms with Gasteiger partial charge < -0.3 is 10.8 Å². The molecule has 2 aromatic carbocycles. The number of hydrogen-bond donors (Lipinski definition) is 2. The molecule has 3 N–H and O–H groups in total. The Morgan fingerprint density at radius 1 is 1.00 bits per heavy atom. The van der Waals surface area contributed by atoms with Gasteiger partial charge in [0.2, 0.25) is 0 Å². The summed E-state index contributed by atoms with van der Waals surface area (Å²) in [4.78, 5) is 8.82. The summed E-state index contributed by atoms with van der Waals surface area (Å²) in [6, 6.07) is 12.3. The first-order valence-electron chi connectivity index (χ1n) is 5.54. The average molecular weight is 237 g/mol. The van der Waals surface area contributed by atoms with Crippen molar-refractivity contribution in [3.05, 3.63) is 48.7 Å². The van der Waals surface area contributed by atoms with Crippen molar-refractivity contribution in [1.29, 1.82) is 0 Å². The first-order valence-corrected chi connectivity index (χ1v) is 5.54. The fourth-order valence-electron chi connectivity index (χ4n) is 1.83. The molecule has 18 heavy (non-hydrogen) atoms. The summed E-state index contributed by atoms with van der Waals surface area (Å²) in [5.74, 6) is 0.210. The van der Waals surface area contributed by atoms with Crippen LogP contribution in [0.25, 0.3) is 22.3 Å². The predicted octanol–water partition coefficient (Wildman–Crippen LogP) is 2.58. The van der Waals surface area contributed by atoms with Gasteiger partial charge in [0.15, 0.2) is 0 Å². The highest BCUT2D eigenvalue weighted by atomic mass is 16.3. The summed E-state index contributed by atoms with van der Waals surface area (Å²) in [5, 5.41) is 9.46. The number of fused-ring (bicyclic) bond motifs is 1. The summed E-state index contributed by atoms with van der Waals surface area (Å²) < 4.78 is 0. The monoisotopic (exact) mass is 237 g/mol. The van der Waals surface area contributed by atoms with E-state index in [1.807, 2.05) is 12.1 Å². The second kappa shape index (κ2) is 4.00. The number of benzene rings is 2. The highest BCUT2D eigenvalue weighted by Gasteiger charge is 2.03. The van der Waals surface area contributed by atoms with Gasteiger partial charge in [0, 0.05) is 11.3 Å². The molecule has 3 aromatic rings. The number of nitrogens with two attached hydrogens (primary N) is 1. The normalized spacial score (nSPS) is 10.7. The number of aromatic nitrogens is 2. The molecule has 1 aromatic heterocycles. The van der Waals surface area contributed by atoms with Crippen LogP contribution in [0.1, 0.15) is 0 Å². The number of phenols is 1. The van der Waals surface area contributed by atoms with Gasteiger partial charge in [-0.25, -0.2) is 4.98 Å². The summed E-state index contributed by atoms with van der Waals surface area (Å²) in [5.41, 5.74) is 9.47. The van der Waals surface area contributed by atoms with Crippen LogP contribution in [0.4, 0.5) is 5.69 Å². The van der Waals surface area contributed by atoms with Crippen molar-refractivity contribution in [1.82, 2.24) is 9.97 Å². The summed E-state index contributed by atoms with van der Waals surface area (Å²) in [7, 11) is 0. The molecular weight excluding hydrogens is 226 g/mol. The molecule has 0 aliphatic rings. The van der Waals surface area contributed by atoms with Crippen LogP contribution in [-0.2, 0) is 0 Å². The molecule has 0 unspecified atom stereocenters. The van der Waals surface area contributed by atoms with Crippen molar-refractivity contribution < 1.29 is 5.11 Å². The third-order valence-electron chi connectivity index (χ3n) is 2.71. The zero-order valence-electron chi connectivity index (χ0n) is 9.54. The molecule has 0 aliphatic carbocycles. The maximum Gasteiger partial charge on any atom is 0.116 e. The third-order valence-corrected chi connectivity index (χ3v) is 2.71. The van der Waals surface area contributed by atoms with E-state index >= 15 is 0 Å². The van der Waals surface area contributed by atoms with Crippen LogP contribution in [0.5, 0.6) is 5.75 Å². The number of nitrogens with zero attached hydrogens (tertiary/aromatic N) is 2. The Morgan fingerprint density at radius 2 is 1.89 bits per heavy atom. The van der Waals surface area contributed by atoms with Gasteiger partial charge in [-0.1, -0.05) is 12.1 Å². The highest BCUT2D eigenvalue weighted by molar-refractivity contribution is 5.80. The molecular formula is C14H11N3O. The van der Waals surface area contributed by atoms with Gasteiger partial charge in [0.1, 0.15) is 5.75 Å². The standard InChI is InChI=1S/C14H11N3O/c15-10-4-5-12-13(7-10)17-14(8-16-12)9-2-1-3-11(18)6-9/h1-8,18H,15H2. The first kappa shape index (κ1) is 10.5. The third kappa shape index (κ3) is 1.84. The molecule has 3 rings (SSSR count). The van der Waals surface area contributed by atoms with Crippen molar-refractivity contribution >= 4 is 16.7 Å². The average Bonchev–Trinajstić information content (AvgIpc) is 2.38. The van der Waals surface area contributed by atoms with E-state index in [0.717, 1.165) is 16.6 Å². The number of rotatable bonds is 1. The van der Waals surface area contributed by atoms with Gasteiger partial charge in [0.05, 0.1) is 22.9 Å². The molecule has 0 atom stereocenters. The number of phenolic OH excluding ortho intramolecular Hbond substituents is 1. The van der Waals surface area contributed by atoms with Crippen LogP contribution in [0.3, 0.4) is 0 Å². The van der Waals surface area contributed by atoms with E-state index in [0.29, 0.717) is 11.4 Å². The van der Waals surface area contributed by atoms with Gasteiger partial charge >= 0.3 is 0 Å². The number of hydrogen-bond acceptors (Lipinski definition) is 4. The van der Waals surface area contributed by atoms with Crippen molar-refractivity contribution in [2.24, 2.45) is 0 Å². The Balaban J connectivity index is 2.18. The number of anilines is 1. The minimum absolute atomic E-state index is 0.210. The fourth-order valence-corrected chi connectivity index (χ4v) is 1.83. The van der Waals surface area contributed by atoms with E-state index in [1.54, 1.807) is 36.5 Å². The number of nitrogen functional groups attached to an aromatic ring is 1. The Morgan fingerprint density at radius 3 is 2.72 bits per heavy atom. The van der Waals surface area contributed by atoms with Gasteiger partial charge in [-0.15, -0.1) is 0 Å². The molecule has 0 radical (unpaired) electrons. The van der Waals surface area contributed by atoms with E-state index in [1.165, 1.54) is 0 Å². The smallest absolute Gasteiger partial charge is 0.116 e. The summed E-state index contributed by atoms with van der Waals surface area (Å²) in [6.45, 7) is 0. The predicted molar refractivity (Wildman–Crippen MR) is 71.1 cm³/mol. The molecule has 0 bridgehead atoms. The van der Waals surface area contributed by atoms with E-state index in [2.05, 4.69) is 9.97 Å². The van der Waals surface area contributed by atoms with Crippen LogP contribution >= 0.6 is 0 Å². The Labute approximate surface area is 104 Å². The lowest BCUT2D eigenvalue weighted by Gasteiger charge is -2.03. The Bertz CT molecular complexity index is 725. The molecule has 0 fully saturated rings. The van der Waals surface area contributed by atoms with Crippen LogP contribution in [0, 0.1) is 0 Å². The molecule has 4 nitrogen and oxygen atoms in total. The molecule has 0 saturated heterocycles. The minimum atomic E-state index is 0.210. The lowest BCUT2D eigenvalue weighted by Crippen LogP contribution is -1.90. The lowest BCUT2D eigenvalue weighted by atomic mass is 10.1. The molecule has 4 heteroatoms. The zero-order valence-corrected chi connectivity index (χ0v) is 9.54. The topological polar surface area (TPSA) is 72.0 Å². The second-order valence-electron chi connectivity index (χ2n) is 4.05. The number of aromatic hydroxyl groups is 1. The molecule has 0 amide bonds. The van der Waals surface area contributed by atoms with E-state index in [-0.39, 0.29) is 5.75 Å². The van der Waals surface area contributed by atoms with E-state index < -0.39 is 0 Å². The maximum atomic E-state index is 9.46. The molecule has 1 heterocycles. The van der Waals surface area contributed by atoms with E-state index in [4.69, 9.17) is 5.73 Å².